The fraction of sp³-hybridized carbons (Fsp3) is 0.619. The van der Waals surface area contributed by atoms with Crippen molar-refractivity contribution in [3.05, 3.63) is 40.0 Å². The Hall–Kier alpha value is -2.61. The van der Waals surface area contributed by atoms with E-state index in [9.17, 15) is 18.5 Å². The second-order valence-corrected chi connectivity index (χ2v) is 10.3. The standard InChI is InChI=1S/C21H30N6O6S/c1-2-3-4-21-22-20(23-33-21)16-24-7-9-25(10-8-24)18-6-5-17(15-19(18)27(28)29)34(30,31)26-11-13-32-14-12-26/h5-6,15H,2-4,7-14,16H2,1H3. The highest BCUT2D eigenvalue weighted by Crippen LogP contribution is 2.32. The first kappa shape index (κ1) is 24.5. The molecule has 0 N–H and O–H groups in total. The Balaban J connectivity index is 1.42. The summed E-state index contributed by atoms with van der Waals surface area (Å²) in [7, 11) is -3.81. The number of nitro benzene ring substituents is 1. The topological polar surface area (TPSA) is 135 Å². The second kappa shape index (κ2) is 10.8. The lowest BCUT2D eigenvalue weighted by atomic mass is 10.2. The van der Waals surface area contributed by atoms with Gasteiger partial charge in [0.05, 0.1) is 29.6 Å². The monoisotopic (exact) mass is 494 g/mol. The summed E-state index contributed by atoms with van der Waals surface area (Å²) in [6, 6.07) is 4.17. The van der Waals surface area contributed by atoms with Crippen LogP contribution in [0.4, 0.5) is 11.4 Å². The van der Waals surface area contributed by atoms with Gasteiger partial charge in [0.25, 0.3) is 5.69 Å². The molecule has 12 nitrogen and oxygen atoms in total. The first-order valence-electron chi connectivity index (χ1n) is 11.5. The van der Waals surface area contributed by atoms with E-state index >= 15 is 0 Å². The van der Waals surface area contributed by atoms with Gasteiger partial charge in [-0.2, -0.15) is 9.29 Å². The van der Waals surface area contributed by atoms with Gasteiger partial charge < -0.3 is 14.2 Å². The SMILES string of the molecule is CCCCc1nc(CN2CCN(c3ccc(S(=O)(=O)N4CCOCC4)cc3[N+](=O)[O-])CC2)no1. The van der Waals surface area contributed by atoms with Gasteiger partial charge in [-0.3, -0.25) is 15.0 Å². The van der Waals surface area contributed by atoms with Crippen LogP contribution in [-0.2, 0) is 27.7 Å². The number of ether oxygens (including phenoxy) is 1. The average molecular weight is 495 g/mol. The van der Waals surface area contributed by atoms with Gasteiger partial charge in [-0.25, -0.2) is 8.42 Å². The van der Waals surface area contributed by atoms with Gasteiger partial charge in [-0.05, 0) is 18.6 Å². The minimum absolute atomic E-state index is 0.0699. The number of nitro groups is 1. The van der Waals surface area contributed by atoms with Crippen LogP contribution in [0.1, 0.15) is 31.5 Å². The average Bonchev–Trinajstić information content (AvgIpc) is 3.30. The van der Waals surface area contributed by atoms with Crippen molar-refractivity contribution in [2.45, 2.75) is 37.6 Å². The van der Waals surface area contributed by atoms with Crippen LogP contribution in [0.2, 0.25) is 0 Å². The van der Waals surface area contributed by atoms with Crippen molar-refractivity contribution in [3.8, 4) is 0 Å². The van der Waals surface area contributed by atoms with Crippen LogP contribution in [0.3, 0.4) is 0 Å². The first-order valence-corrected chi connectivity index (χ1v) is 13.0. The van der Waals surface area contributed by atoms with E-state index in [2.05, 4.69) is 22.0 Å². The number of hydrogen-bond acceptors (Lipinski definition) is 10. The van der Waals surface area contributed by atoms with E-state index in [1.807, 2.05) is 4.90 Å². The van der Waals surface area contributed by atoms with Crippen LogP contribution in [0.25, 0.3) is 0 Å². The quantitative estimate of drug-likeness (QED) is 0.374. The largest absolute Gasteiger partial charge is 0.379 e. The molecule has 186 valence electrons. The number of rotatable bonds is 9. The van der Waals surface area contributed by atoms with Crippen molar-refractivity contribution in [2.75, 3.05) is 57.4 Å². The lowest BCUT2D eigenvalue weighted by Crippen LogP contribution is -2.46. The summed E-state index contributed by atoms with van der Waals surface area (Å²) < 4.78 is 37.7. The van der Waals surface area contributed by atoms with Gasteiger partial charge in [-0.1, -0.05) is 18.5 Å². The Bertz CT molecular complexity index is 1090. The number of piperazine rings is 1. The van der Waals surface area contributed by atoms with E-state index in [0.717, 1.165) is 19.3 Å². The van der Waals surface area contributed by atoms with Gasteiger partial charge in [0.15, 0.2) is 5.82 Å². The number of aryl methyl sites for hydroxylation is 1. The van der Waals surface area contributed by atoms with Crippen molar-refractivity contribution in [2.24, 2.45) is 0 Å². The van der Waals surface area contributed by atoms with Crippen molar-refractivity contribution >= 4 is 21.4 Å². The van der Waals surface area contributed by atoms with Gasteiger partial charge >= 0.3 is 0 Å². The smallest absolute Gasteiger partial charge is 0.293 e. The third kappa shape index (κ3) is 5.54. The second-order valence-electron chi connectivity index (χ2n) is 8.40. The fourth-order valence-electron chi connectivity index (χ4n) is 4.14. The Morgan fingerprint density at radius 3 is 2.53 bits per heavy atom. The molecule has 2 fully saturated rings. The molecule has 0 spiro atoms. The summed E-state index contributed by atoms with van der Waals surface area (Å²) in [5.74, 6) is 1.29. The van der Waals surface area contributed by atoms with Gasteiger partial charge in [0.2, 0.25) is 15.9 Å². The molecule has 0 saturated carbocycles. The van der Waals surface area contributed by atoms with E-state index < -0.39 is 14.9 Å². The number of hydrogen-bond donors (Lipinski definition) is 0. The number of benzene rings is 1. The molecule has 0 radical (unpaired) electrons. The lowest BCUT2D eigenvalue weighted by molar-refractivity contribution is -0.384. The van der Waals surface area contributed by atoms with Crippen LogP contribution in [0.15, 0.2) is 27.6 Å². The van der Waals surface area contributed by atoms with Gasteiger partial charge in [-0.15, -0.1) is 0 Å². The summed E-state index contributed by atoms with van der Waals surface area (Å²) in [6.07, 6.45) is 2.84. The molecule has 2 aliphatic rings. The minimum Gasteiger partial charge on any atom is -0.379 e. The maximum absolute atomic E-state index is 12.9. The Kier molecular flexibility index (Phi) is 7.76. The number of morpholine rings is 1. The summed E-state index contributed by atoms with van der Waals surface area (Å²) >= 11 is 0. The van der Waals surface area contributed by atoms with E-state index in [1.54, 1.807) is 6.07 Å². The molecule has 13 heteroatoms. The highest BCUT2D eigenvalue weighted by Gasteiger charge is 2.31. The van der Waals surface area contributed by atoms with Crippen molar-refractivity contribution in [1.82, 2.24) is 19.3 Å². The minimum atomic E-state index is -3.81. The highest BCUT2D eigenvalue weighted by atomic mass is 32.2. The molecular formula is C21H30N6O6S. The Labute approximate surface area is 198 Å². The van der Waals surface area contributed by atoms with Crippen molar-refractivity contribution in [3.63, 3.8) is 0 Å². The summed E-state index contributed by atoms with van der Waals surface area (Å²) in [4.78, 5) is 19.8. The number of unbranched alkanes of at least 4 members (excludes halogenated alkanes) is 1. The predicted octanol–water partition coefficient (Wildman–Crippen LogP) is 1.66. The number of nitrogens with zero attached hydrogens (tertiary/aromatic N) is 6. The molecule has 34 heavy (non-hydrogen) atoms. The predicted molar refractivity (Wildman–Crippen MR) is 123 cm³/mol. The number of sulfonamides is 1. The van der Waals surface area contributed by atoms with Gasteiger partial charge in [0.1, 0.15) is 5.69 Å². The van der Waals surface area contributed by atoms with Crippen molar-refractivity contribution in [1.29, 1.82) is 0 Å². The molecule has 2 saturated heterocycles. The number of aromatic nitrogens is 2. The molecule has 3 heterocycles. The van der Waals surface area contributed by atoms with Crippen LogP contribution in [0.5, 0.6) is 0 Å². The van der Waals surface area contributed by atoms with Crippen LogP contribution >= 0.6 is 0 Å². The zero-order chi connectivity index (χ0) is 24.1. The van der Waals surface area contributed by atoms with E-state index in [4.69, 9.17) is 9.26 Å². The molecule has 2 aliphatic heterocycles. The third-order valence-corrected chi connectivity index (χ3v) is 7.98. The third-order valence-electron chi connectivity index (χ3n) is 6.08. The molecule has 1 aromatic heterocycles. The molecule has 1 aromatic carbocycles. The lowest BCUT2D eigenvalue weighted by Gasteiger charge is -2.35. The van der Waals surface area contributed by atoms with E-state index in [-0.39, 0.29) is 23.7 Å². The Morgan fingerprint density at radius 2 is 1.85 bits per heavy atom. The first-order chi connectivity index (χ1) is 16.4. The molecule has 4 rings (SSSR count). The highest BCUT2D eigenvalue weighted by molar-refractivity contribution is 7.89. The molecule has 0 bridgehead atoms. The van der Waals surface area contributed by atoms with Crippen LogP contribution in [0, 0.1) is 10.1 Å². The summed E-state index contributed by atoms with van der Waals surface area (Å²) in [6.45, 7) is 6.24. The molecule has 0 aliphatic carbocycles. The Morgan fingerprint density at radius 1 is 1.12 bits per heavy atom. The summed E-state index contributed by atoms with van der Waals surface area (Å²) in [5.41, 5.74) is 0.216. The maximum Gasteiger partial charge on any atom is 0.293 e. The number of anilines is 1. The van der Waals surface area contributed by atoms with Crippen LogP contribution in [-0.4, -0.2) is 85.2 Å². The van der Waals surface area contributed by atoms with Gasteiger partial charge in [0, 0.05) is 51.8 Å². The summed E-state index contributed by atoms with van der Waals surface area (Å²) in [5, 5.41) is 15.9. The van der Waals surface area contributed by atoms with Crippen molar-refractivity contribution < 1.29 is 22.6 Å². The molecule has 0 unspecified atom stereocenters. The molecule has 0 atom stereocenters. The van der Waals surface area contributed by atoms with E-state index in [1.165, 1.54) is 16.4 Å². The maximum atomic E-state index is 12.9. The molecule has 0 amide bonds. The normalized spacial score (nSPS) is 18.3. The zero-order valence-electron chi connectivity index (χ0n) is 19.3. The molecular weight excluding hydrogens is 464 g/mol. The van der Waals surface area contributed by atoms with E-state index in [0.29, 0.717) is 63.3 Å². The van der Waals surface area contributed by atoms with Crippen LogP contribution < -0.4 is 4.90 Å². The fourth-order valence-corrected chi connectivity index (χ4v) is 5.57. The zero-order valence-corrected chi connectivity index (χ0v) is 20.1. The molecule has 2 aromatic rings.